The highest BCUT2D eigenvalue weighted by molar-refractivity contribution is 9.10. The second-order valence-electron chi connectivity index (χ2n) is 3.45. The lowest BCUT2D eigenvalue weighted by atomic mass is 10.1. The Morgan fingerprint density at radius 1 is 1.44 bits per heavy atom. The lowest BCUT2D eigenvalue weighted by Crippen LogP contribution is -1.93. The van der Waals surface area contributed by atoms with E-state index in [9.17, 15) is 4.39 Å². The van der Waals surface area contributed by atoms with Crippen LogP contribution in [0, 0.1) is 12.7 Å². The normalized spacial score (nSPS) is 10.5. The summed E-state index contributed by atoms with van der Waals surface area (Å²) in [4.78, 5) is 0. The third kappa shape index (κ3) is 1.82. The van der Waals surface area contributed by atoms with Crippen molar-refractivity contribution >= 4 is 21.6 Å². The third-order valence-electron chi connectivity index (χ3n) is 2.38. The van der Waals surface area contributed by atoms with Gasteiger partial charge in [-0.1, -0.05) is 15.9 Å². The van der Waals surface area contributed by atoms with E-state index < -0.39 is 0 Å². The molecule has 1 aromatic heterocycles. The molecule has 0 aliphatic rings. The van der Waals surface area contributed by atoms with Gasteiger partial charge in [0.25, 0.3) is 0 Å². The van der Waals surface area contributed by atoms with Crippen LogP contribution >= 0.6 is 15.9 Å². The molecule has 16 heavy (non-hydrogen) atoms. The summed E-state index contributed by atoms with van der Waals surface area (Å²) >= 11 is 3.32. The van der Waals surface area contributed by atoms with Crippen molar-refractivity contribution in [1.82, 2.24) is 10.2 Å². The molecule has 0 saturated heterocycles. The minimum Gasteiger partial charge on any atom is -0.385 e. The van der Waals surface area contributed by atoms with Gasteiger partial charge in [0.1, 0.15) is 11.5 Å². The Labute approximate surface area is 101 Å². The second kappa shape index (κ2) is 4.25. The van der Waals surface area contributed by atoms with Crippen LogP contribution in [0.5, 0.6) is 0 Å². The molecule has 0 aliphatic heterocycles. The fraction of sp³-hybridized carbons (Fsp3) is 0.182. The number of aryl methyl sites for hydroxylation is 1. The van der Waals surface area contributed by atoms with E-state index in [2.05, 4.69) is 31.4 Å². The molecule has 2 aromatic rings. The number of H-pyrrole nitrogens is 1. The van der Waals surface area contributed by atoms with Gasteiger partial charge in [0.2, 0.25) is 0 Å². The number of nitrogens with zero attached hydrogens (tertiary/aromatic N) is 1. The Morgan fingerprint density at radius 3 is 2.88 bits per heavy atom. The summed E-state index contributed by atoms with van der Waals surface area (Å²) in [6, 6.07) is 4.80. The van der Waals surface area contributed by atoms with Crippen LogP contribution in [0.1, 0.15) is 5.69 Å². The zero-order chi connectivity index (χ0) is 11.7. The van der Waals surface area contributed by atoms with E-state index >= 15 is 0 Å². The number of rotatable bonds is 2. The molecule has 0 amide bonds. The number of benzene rings is 1. The van der Waals surface area contributed by atoms with Crippen molar-refractivity contribution in [2.45, 2.75) is 6.92 Å². The number of hydrogen-bond acceptors (Lipinski definition) is 2. The van der Waals surface area contributed by atoms with Gasteiger partial charge < -0.3 is 5.32 Å². The molecule has 2 N–H and O–H groups in total. The summed E-state index contributed by atoms with van der Waals surface area (Å²) in [6.45, 7) is 1.89. The number of nitrogens with one attached hydrogen (secondary N) is 2. The molecule has 3 nitrogen and oxygen atoms in total. The van der Waals surface area contributed by atoms with Crippen LogP contribution in [-0.4, -0.2) is 17.2 Å². The average molecular weight is 284 g/mol. The standard InChI is InChI=1S/C11H11BrFN3/c1-6-10(14-2)11(16-15-6)8-5-7(12)3-4-9(8)13/h3-5,14H,1-2H3,(H,15,16). The fourth-order valence-corrected chi connectivity index (χ4v) is 1.97. The number of anilines is 1. The van der Waals surface area contributed by atoms with Gasteiger partial charge in [-0.25, -0.2) is 4.39 Å². The maximum atomic E-state index is 13.7. The first-order valence-electron chi connectivity index (χ1n) is 4.81. The molecule has 5 heteroatoms. The number of aromatic nitrogens is 2. The summed E-state index contributed by atoms with van der Waals surface area (Å²) in [5.41, 5.74) is 2.77. The van der Waals surface area contributed by atoms with Crippen molar-refractivity contribution in [2.24, 2.45) is 0 Å². The van der Waals surface area contributed by atoms with Gasteiger partial charge in [-0.05, 0) is 25.1 Å². The lowest BCUT2D eigenvalue weighted by Gasteiger charge is -2.04. The van der Waals surface area contributed by atoms with E-state index in [1.54, 1.807) is 19.2 Å². The maximum absolute atomic E-state index is 13.7. The summed E-state index contributed by atoms with van der Waals surface area (Å²) in [7, 11) is 1.79. The third-order valence-corrected chi connectivity index (χ3v) is 2.87. The molecule has 0 fully saturated rings. The molecule has 84 valence electrons. The topological polar surface area (TPSA) is 40.7 Å². The van der Waals surface area contributed by atoms with Gasteiger partial charge in [0, 0.05) is 17.1 Å². The summed E-state index contributed by atoms with van der Waals surface area (Å²) in [5, 5.41) is 9.96. The number of halogens is 2. The molecule has 0 spiro atoms. The van der Waals surface area contributed by atoms with Crippen molar-refractivity contribution in [3.05, 3.63) is 34.2 Å². The van der Waals surface area contributed by atoms with Crippen molar-refractivity contribution < 1.29 is 4.39 Å². The molecule has 0 unspecified atom stereocenters. The van der Waals surface area contributed by atoms with Gasteiger partial charge in [-0.2, -0.15) is 5.10 Å². The highest BCUT2D eigenvalue weighted by Gasteiger charge is 2.14. The molecule has 0 saturated carbocycles. The highest BCUT2D eigenvalue weighted by Crippen LogP contribution is 2.31. The predicted octanol–water partition coefficient (Wildman–Crippen LogP) is 3.33. The molecular weight excluding hydrogens is 273 g/mol. The first-order chi connectivity index (χ1) is 7.63. The molecule has 0 atom stereocenters. The van der Waals surface area contributed by atoms with E-state index in [0.29, 0.717) is 11.3 Å². The number of aromatic amines is 1. The van der Waals surface area contributed by atoms with E-state index in [0.717, 1.165) is 15.9 Å². The molecule has 0 aliphatic carbocycles. The van der Waals surface area contributed by atoms with Crippen molar-refractivity contribution in [1.29, 1.82) is 0 Å². The molecule has 2 rings (SSSR count). The fourth-order valence-electron chi connectivity index (χ4n) is 1.61. The van der Waals surface area contributed by atoms with Gasteiger partial charge in [0.05, 0.1) is 11.4 Å². The van der Waals surface area contributed by atoms with Crippen molar-refractivity contribution in [2.75, 3.05) is 12.4 Å². The Balaban J connectivity index is 2.62. The minimum atomic E-state index is -0.286. The molecule has 1 heterocycles. The van der Waals surface area contributed by atoms with E-state index in [4.69, 9.17) is 0 Å². The summed E-state index contributed by atoms with van der Waals surface area (Å²) in [6.07, 6.45) is 0. The first-order valence-corrected chi connectivity index (χ1v) is 5.61. The second-order valence-corrected chi connectivity index (χ2v) is 4.36. The van der Waals surface area contributed by atoms with Gasteiger partial charge in [0.15, 0.2) is 0 Å². The molecule has 1 aromatic carbocycles. The Bertz CT molecular complexity index is 522. The molecule has 0 bridgehead atoms. The van der Waals surface area contributed by atoms with E-state index in [1.165, 1.54) is 6.07 Å². The number of hydrogen-bond donors (Lipinski definition) is 2. The SMILES string of the molecule is CNc1c(-c2cc(Br)ccc2F)n[nH]c1C. The highest BCUT2D eigenvalue weighted by atomic mass is 79.9. The van der Waals surface area contributed by atoms with Gasteiger partial charge in [-0.15, -0.1) is 0 Å². The summed E-state index contributed by atoms with van der Waals surface area (Å²) < 4.78 is 14.5. The van der Waals surface area contributed by atoms with Crippen LogP contribution in [-0.2, 0) is 0 Å². The van der Waals surface area contributed by atoms with Crippen LogP contribution in [0.2, 0.25) is 0 Å². The monoisotopic (exact) mass is 283 g/mol. The lowest BCUT2D eigenvalue weighted by molar-refractivity contribution is 0.630. The molecule has 0 radical (unpaired) electrons. The van der Waals surface area contributed by atoms with Crippen molar-refractivity contribution in [3.63, 3.8) is 0 Å². The zero-order valence-corrected chi connectivity index (χ0v) is 10.5. The van der Waals surface area contributed by atoms with Crippen LogP contribution in [0.3, 0.4) is 0 Å². The predicted molar refractivity (Wildman–Crippen MR) is 66.0 cm³/mol. The Hall–Kier alpha value is -1.36. The quantitative estimate of drug-likeness (QED) is 0.888. The van der Waals surface area contributed by atoms with Crippen LogP contribution < -0.4 is 5.32 Å². The van der Waals surface area contributed by atoms with Gasteiger partial charge in [-0.3, -0.25) is 5.10 Å². The molecular formula is C11H11BrFN3. The minimum absolute atomic E-state index is 0.286. The van der Waals surface area contributed by atoms with Crippen LogP contribution in [0.4, 0.5) is 10.1 Å². The van der Waals surface area contributed by atoms with E-state index in [-0.39, 0.29) is 5.82 Å². The van der Waals surface area contributed by atoms with E-state index in [1.807, 2.05) is 6.92 Å². The van der Waals surface area contributed by atoms with Crippen LogP contribution in [0.25, 0.3) is 11.3 Å². The van der Waals surface area contributed by atoms with Crippen LogP contribution in [0.15, 0.2) is 22.7 Å². The smallest absolute Gasteiger partial charge is 0.132 e. The maximum Gasteiger partial charge on any atom is 0.132 e. The summed E-state index contributed by atoms with van der Waals surface area (Å²) in [5.74, 6) is -0.286. The Morgan fingerprint density at radius 2 is 2.19 bits per heavy atom. The zero-order valence-electron chi connectivity index (χ0n) is 8.94. The Kier molecular flexibility index (Phi) is 2.96. The van der Waals surface area contributed by atoms with Crippen molar-refractivity contribution in [3.8, 4) is 11.3 Å². The van der Waals surface area contributed by atoms with Gasteiger partial charge >= 0.3 is 0 Å². The first kappa shape index (κ1) is 11.1. The largest absolute Gasteiger partial charge is 0.385 e. The average Bonchev–Trinajstić information content (AvgIpc) is 2.63.